The number of rotatable bonds is 2. The molecule has 4 N–H and O–H groups in total. The third kappa shape index (κ3) is 2.46. The van der Waals surface area contributed by atoms with E-state index >= 15 is 0 Å². The smallest absolute Gasteiger partial charge is 0.228 e. The topological polar surface area (TPSA) is 120 Å². The van der Waals surface area contributed by atoms with Gasteiger partial charge in [-0.2, -0.15) is 0 Å². The van der Waals surface area contributed by atoms with E-state index in [1.54, 1.807) is 0 Å². The van der Waals surface area contributed by atoms with E-state index in [2.05, 4.69) is 0 Å². The molecule has 6 nitrogen and oxygen atoms in total. The van der Waals surface area contributed by atoms with Gasteiger partial charge < -0.3 is 0 Å². The van der Waals surface area contributed by atoms with Gasteiger partial charge in [0.15, 0.2) is 0 Å². The number of primary sulfonamides is 2. The van der Waals surface area contributed by atoms with Gasteiger partial charge in [-0.3, -0.25) is 0 Å². The highest BCUT2D eigenvalue weighted by Gasteiger charge is 2.38. The first-order valence-electron chi connectivity index (χ1n) is 4.00. The minimum Gasteiger partial charge on any atom is -0.228 e. The van der Waals surface area contributed by atoms with Crippen LogP contribution in [0, 0.1) is 0 Å². The van der Waals surface area contributed by atoms with Gasteiger partial charge in [-0.05, 0) is 13.0 Å². The Hall–Kier alpha value is -0.700. The Morgan fingerprint density at radius 2 is 1.80 bits per heavy atom. The lowest BCUT2D eigenvalue weighted by Gasteiger charge is -2.26. The molecular formula is C7H12N2O4S2. The van der Waals surface area contributed by atoms with Crippen molar-refractivity contribution in [3.8, 4) is 0 Å². The van der Waals surface area contributed by atoms with Crippen molar-refractivity contribution in [3.63, 3.8) is 0 Å². The van der Waals surface area contributed by atoms with Crippen LogP contribution in [0.3, 0.4) is 0 Å². The van der Waals surface area contributed by atoms with E-state index in [0.717, 1.165) is 0 Å². The first-order valence-corrected chi connectivity index (χ1v) is 7.09. The lowest BCUT2D eigenvalue weighted by molar-refractivity contribution is 0.560. The summed E-state index contributed by atoms with van der Waals surface area (Å²) in [5.74, 6) is 0. The first kappa shape index (κ1) is 12.4. The molecule has 0 aromatic rings. The molecule has 0 aromatic carbocycles. The van der Waals surface area contributed by atoms with Crippen molar-refractivity contribution < 1.29 is 16.8 Å². The molecule has 0 bridgehead atoms. The predicted molar refractivity (Wildman–Crippen MR) is 56.5 cm³/mol. The van der Waals surface area contributed by atoms with E-state index in [9.17, 15) is 16.8 Å². The Morgan fingerprint density at radius 1 is 1.27 bits per heavy atom. The van der Waals surface area contributed by atoms with Crippen LogP contribution in [-0.4, -0.2) is 21.6 Å². The number of allylic oxidation sites excluding steroid dienone is 3. The van der Waals surface area contributed by atoms with Crippen LogP contribution >= 0.6 is 0 Å². The van der Waals surface area contributed by atoms with Crippen LogP contribution < -0.4 is 10.3 Å². The average Bonchev–Trinajstić information content (AvgIpc) is 2.00. The molecule has 1 aliphatic rings. The van der Waals surface area contributed by atoms with Crippen LogP contribution in [0.4, 0.5) is 0 Å². The third-order valence-electron chi connectivity index (χ3n) is 2.27. The monoisotopic (exact) mass is 252 g/mol. The molecule has 0 radical (unpaired) electrons. The quantitative estimate of drug-likeness (QED) is 0.666. The van der Waals surface area contributed by atoms with Crippen LogP contribution in [0.5, 0.6) is 0 Å². The standard InChI is InChI=1S/C7H12N2O4S2/c1-7(15(9,12)13)4-2-3-6(5-7)14(8,10)11/h2-4H,5H2,1H3,(H2,8,10,11)(H2,9,12,13). The maximum atomic E-state index is 11.2. The van der Waals surface area contributed by atoms with Crippen LogP contribution in [0.15, 0.2) is 23.1 Å². The Bertz CT molecular complexity index is 529. The zero-order valence-electron chi connectivity index (χ0n) is 8.04. The summed E-state index contributed by atoms with van der Waals surface area (Å²) in [6, 6.07) is 0. The van der Waals surface area contributed by atoms with Gasteiger partial charge in [0.2, 0.25) is 20.0 Å². The minimum absolute atomic E-state index is 0.137. The zero-order valence-corrected chi connectivity index (χ0v) is 9.68. The highest BCUT2D eigenvalue weighted by Crippen LogP contribution is 2.30. The fourth-order valence-corrected chi connectivity index (χ4v) is 2.70. The molecule has 0 amide bonds. The van der Waals surface area contributed by atoms with Crippen molar-refractivity contribution in [2.45, 2.75) is 18.1 Å². The van der Waals surface area contributed by atoms with Crippen LogP contribution in [-0.2, 0) is 20.0 Å². The molecule has 1 rings (SSSR count). The fraction of sp³-hybridized carbons (Fsp3) is 0.429. The summed E-state index contributed by atoms with van der Waals surface area (Å²) >= 11 is 0. The molecule has 86 valence electrons. The highest BCUT2D eigenvalue weighted by atomic mass is 32.2. The van der Waals surface area contributed by atoms with E-state index in [-0.39, 0.29) is 11.3 Å². The van der Waals surface area contributed by atoms with E-state index in [0.29, 0.717) is 0 Å². The molecule has 1 unspecified atom stereocenters. The maximum absolute atomic E-state index is 11.2. The normalized spacial score (nSPS) is 27.5. The Labute approximate surface area is 88.7 Å². The molecule has 1 aliphatic carbocycles. The van der Waals surface area contributed by atoms with Gasteiger partial charge >= 0.3 is 0 Å². The number of hydrogen-bond acceptors (Lipinski definition) is 4. The van der Waals surface area contributed by atoms with Crippen molar-refractivity contribution in [3.05, 3.63) is 23.1 Å². The van der Waals surface area contributed by atoms with Crippen LogP contribution in [0.25, 0.3) is 0 Å². The van der Waals surface area contributed by atoms with E-state index in [1.165, 1.54) is 25.2 Å². The first-order chi connectivity index (χ1) is 6.56. The number of sulfonamides is 2. The van der Waals surface area contributed by atoms with E-state index in [1.807, 2.05) is 0 Å². The summed E-state index contributed by atoms with van der Waals surface area (Å²) in [4.78, 5) is -0.137. The maximum Gasteiger partial charge on any atom is 0.234 e. The van der Waals surface area contributed by atoms with Gasteiger partial charge in [-0.25, -0.2) is 27.1 Å². The second-order valence-electron chi connectivity index (χ2n) is 3.57. The highest BCUT2D eigenvalue weighted by molar-refractivity contribution is 7.93. The molecule has 0 aliphatic heterocycles. The van der Waals surface area contributed by atoms with Crippen molar-refractivity contribution in [2.24, 2.45) is 10.3 Å². The Kier molecular flexibility index (Phi) is 2.81. The molecular weight excluding hydrogens is 240 g/mol. The average molecular weight is 252 g/mol. The lowest BCUT2D eigenvalue weighted by atomic mass is 10.0. The largest absolute Gasteiger partial charge is 0.234 e. The van der Waals surface area contributed by atoms with Gasteiger partial charge in [0, 0.05) is 6.42 Å². The van der Waals surface area contributed by atoms with Gasteiger partial charge in [-0.15, -0.1) is 0 Å². The van der Waals surface area contributed by atoms with Crippen LogP contribution in [0.2, 0.25) is 0 Å². The van der Waals surface area contributed by atoms with E-state index < -0.39 is 24.8 Å². The Morgan fingerprint density at radius 3 is 2.20 bits per heavy atom. The molecule has 0 spiro atoms. The lowest BCUT2D eigenvalue weighted by Crippen LogP contribution is -2.41. The summed E-state index contributed by atoms with van der Waals surface area (Å²) < 4.78 is 43.2. The van der Waals surface area contributed by atoms with Crippen molar-refractivity contribution >= 4 is 20.0 Å². The third-order valence-corrected chi connectivity index (χ3v) is 4.86. The summed E-state index contributed by atoms with van der Waals surface area (Å²) in [7, 11) is -7.73. The molecule has 0 aromatic heterocycles. The van der Waals surface area contributed by atoms with Gasteiger partial charge in [-0.1, -0.05) is 12.2 Å². The molecule has 8 heteroatoms. The summed E-state index contributed by atoms with van der Waals surface area (Å²) in [5, 5.41) is 9.92. The van der Waals surface area contributed by atoms with Gasteiger partial charge in [0.1, 0.15) is 4.75 Å². The second kappa shape index (κ2) is 3.41. The fourth-order valence-electron chi connectivity index (χ4n) is 1.21. The predicted octanol–water partition coefficient (Wildman–Crippen LogP) is -0.834. The Balaban J connectivity index is 3.21. The van der Waals surface area contributed by atoms with Gasteiger partial charge in [0.05, 0.1) is 4.91 Å². The van der Waals surface area contributed by atoms with Crippen LogP contribution in [0.1, 0.15) is 13.3 Å². The molecule has 0 saturated carbocycles. The molecule has 15 heavy (non-hydrogen) atoms. The minimum atomic E-state index is -3.87. The second-order valence-corrected chi connectivity index (χ2v) is 7.21. The molecule has 0 heterocycles. The van der Waals surface area contributed by atoms with Crippen molar-refractivity contribution in [2.75, 3.05) is 0 Å². The molecule has 0 fully saturated rings. The summed E-state index contributed by atoms with van der Waals surface area (Å²) in [5.41, 5.74) is 0. The van der Waals surface area contributed by atoms with Crippen molar-refractivity contribution in [1.29, 1.82) is 0 Å². The molecule has 1 atom stereocenters. The summed E-state index contributed by atoms with van der Waals surface area (Å²) in [6.45, 7) is 1.34. The zero-order chi connectivity index (χ0) is 11.9. The number of nitrogens with two attached hydrogens (primary N) is 2. The SMILES string of the molecule is CC1(S(N)(=O)=O)C=CC=C(S(N)(=O)=O)C1. The number of hydrogen-bond donors (Lipinski definition) is 2. The van der Waals surface area contributed by atoms with Gasteiger partial charge in [0.25, 0.3) is 0 Å². The molecule has 0 saturated heterocycles. The summed E-state index contributed by atoms with van der Waals surface area (Å²) in [6.07, 6.45) is 3.70. The van der Waals surface area contributed by atoms with E-state index in [4.69, 9.17) is 10.3 Å². The van der Waals surface area contributed by atoms with Crippen molar-refractivity contribution in [1.82, 2.24) is 0 Å².